The number of hydrogen-bond acceptors (Lipinski definition) is 6. The molecule has 38 heavy (non-hydrogen) atoms. The normalized spacial score (nSPS) is 14.3. The van der Waals surface area contributed by atoms with Crippen LogP contribution in [0.25, 0.3) is 21.9 Å². The van der Waals surface area contributed by atoms with Gasteiger partial charge in [0, 0.05) is 50.7 Å². The van der Waals surface area contributed by atoms with E-state index in [2.05, 4.69) is 14.9 Å². The first-order chi connectivity index (χ1) is 18.5. The number of imidazole rings is 1. The third-order valence-electron chi connectivity index (χ3n) is 7.10. The lowest BCUT2D eigenvalue weighted by Gasteiger charge is -2.36. The van der Waals surface area contributed by atoms with Crippen LogP contribution < -0.4 is 4.90 Å². The number of rotatable bonds is 6. The summed E-state index contributed by atoms with van der Waals surface area (Å²) in [4.78, 5) is 26.5. The smallest absolute Gasteiger partial charge is 0.224 e. The topological polar surface area (TPSA) is 88.4 Å². The minimum Gasteiger partial charge on any atom is -0.366 e. The van der Waals surface area contributed by atoms with Gasteiger partial charge in [0.25, 0.3) is 0 Å². The third kappa shape index (κ3) is 4.50. The highest BCUT2D eigenvalue weighted by molar-refractivity contribution is 7.91. The molecule has 1 amide bonds. The molecular weight excluding hydrogens is 498 g/mol. The van der Waals surface area contributed by atoms with Crippen molar-refractivity contribution in [2.75, 3.05) is 31.1 Å². The molecule has 1 fully saturated rings. The molecule has 5 aromatic rings. The zero-order chi connectivity index (χ0) is 26.1. The molecule has 0 N–H and O–H groups in total. The molecule has 0 aliphatic carbocycles. The Bertz CT molecular complexity index is 1730. The first kappa shape index (κ1) is 24.1. The summed E-state index contributed by atoms with van der Waals surface area (Å²) >= 11 is 0. The number of pyridine rings is 1. The van der Waals surface area contributed by atoms with E-state index in [0.717, 1.165) is 27.6 Å². The van der Waals surface area contributed by atoms with Crippen molar-refractivity contribution in [2.45, 2.75) is 22.8 Å². The van der Waals surface area contributed by atoms with Crippen LogP contribution >= 0.6 is 0 Å². The first-order valence-electron chi connectivity index (χ1n) is 12.6. The van der Waals surface area contributed by atoms with Gasteiger partial charge in [-0.1, -0.05) is 42.5 Å². The highest BCUT2D eigenvalue weighted by Crippen LogP contribution is 2.29. The molecule has 0 unspecified atom stereocenters. The lowest BCUT2D eigenvalue weighted by atomic mass is 10.1. The van der Waals surface area contributed by atoms with E-state index in [0.29, 0.717) is 39.1 Å². The number of amides is 1. The number of sulfone groups is 1. The lowest BCUT2D eigenvalue weighted by Crippen LogP contribution is -2.49. The molecule has 3 heterocycles. The summed E-state index contributed by atoms with van der Waals surface area (Å²) in [6.45, 7) is 3.22. The molecule has 1 aliphatic rings. The number of aromatic nitrogens is 3. The predicted molar refractivity (Wildman–Crippen MR) is 147 cm³/mol. The van der Waals surface area contributed by atoms with Crippen LogP contribution in [0.2, 0.25) is 0 Å². The van der Waals surface area contributed by atoms with Crippen LogP contribution in [-0.4, -0.2) is 59.9 Å². The lowest BCUT2D eigenvalue weighted by molar-refractivity contribution is -0.131. The molecule has 0 saturated carbocycles. The van der Waals surface area contributed by atoms with E-state index in [-0.39, 0.29) is 15.7 Å². The number of aryl methyl sites for hydroxylation is 1. The SMILES string of the molecule is O=C(CCn1cnc2ccccc21)N1CCN(c2cccc3cc(S(=O)(=O)c4ccccc4)cnc23)CC1. The van der Waals surface area contributed by atoms with E-state index < -0.39 is 9.84 Å². The average molecular weight is 526 g/mol. The molecule has 0 spiro atoms. The number of nitrogens with zero attached hydrogens (tertiary/aromatic N) is 5. The average Bonchev–Trinajstić information content (AvgIpc) is 3.39. The molecule has 6 rings (SSSR count). The van der Waals surface area contributed by atoms with E-state index in [4.69, 9.17) is 0 Å². The summed E-state index contributed by atoms with van der Waals surface area (Å²) in [5.74, 6) is 0.134. The fourth-order valence-corrected chi connectivity index (χ4v) is 6.28. The molecule has 1 aliphatic heterocycles. The van der Waals surface area contributed by atoms with Crippen LogP contribution in [0.15, 0.2) is 101 Å². The summed E-state index contributed by atoms with van der Waals surface area (Å²) < 4.78 is 28.2. The number of carbonyl (C=O) groups is 1. The number of anilines is 1. The second-order valence-electron chi connectivity index (χ2n) is 9.38. The maximum atomic E-state index is 13.1. The quantitative estimate of drug-likeness (QED) is 0.331. The maximum Gasteiger partial charge on any atom is 0.224 e. The number of benzene rings is 3. The van der Waals surface area contributed by atoms with Gasteiger partial charge in [-0.25, -0.2) is 13.4 Å². The molecule has 192 valence electrons. The van der Waals surface area contributed by atoms with E-state index >= 15 is 0 Å². The van der Waals surface area contributed by atoms with Gasteiger partial charge in [0.1, 0.15) is 0 Å². The highest BCUT2D eigenvalue weighted by atomic mass is 32.2. The Kier molecular flexibility index (Phi) is 6.29. The van der Waals surface area contributed by atoms with Crippen molar-refractivity contribution in [1.82, 2.24) is 19.4 Å². The first-order valence-corrected chi connectivity index (χ1v) is 14.1. The van der Waals surface area contributed by atoms with Gasteiger partial charge in [-0.2, -0.15) is 0 Å². The Labute approximate surface area is 221 Å². The molecule has 0 atom stereocenters. The summed E-state index contributed by atoms with van der Waals surface area (Å²) in [6, 6.07) is 23.8. The number of fused-ring (bicyclic) bond motifs is 2. The Balaban J connectivity index is 1.14. The van der Waals surface area contributed by atoms with Crippen LogP contribution in [0, 0.1) is 0 Å². The Morgan fingerprint density at radius 1 is 0.816 bits per heavy atom. The van der Waals surface area contributed by atoms with Crippen molar-refractivity contribution >= 4 is 43.4 Å². The van der Waals surface area contributed by atoms with Gasteiger partial charge in [-0.05, 0) is 36.4 Å². The van der Waals surface area contributed by atoms with Gasteiger partial charge in [0.2, 0.25) is 15.7 Å². The second kappa shape index (κ2) is 9.90. The number of para-hydroxylation sites is 3. The summed E-state index contributed by atoms with van der Waals surface area (Å²) in [5, 5.41) is 0.769. The maximum absolute atomic E-state index is 13.1. The van der Waals surface area contributed by atoms with Crippen molar-refractivity contribution in [2.24, 2.45) is 0 Å². The van der Waals surface area contributed by atoms with Gasteiger partial charge >= 0.3 is 0 Å². The Hall–Kier alpha value is -4.24. The minimum atomic E-state index is -3.65. The number of hydrogen-bond donors (Lipinski definition) is 0. The van der Waals surface area contributed by atoms with Gasteiger partial charge in [0.15, 0.2) is 0 Å². The van der Waals surface area contributed by atoms with Crippen molar-refractivity contribution in [1.29, 1.82) is 0 Å². The van der Waals surface area contributed by atoms with E-state index in [1.165, 1.54) is 6.20 Å². The van der Waals surface area contributed by atoms with E-state index in [9.17, 15) is 13.2 Å². The zero-order valence-electron chi connectivity index (χ0n) is 20.8. The second-order valence-corrected chi connectivity index (χ2v) is 11.3. The molecule has 9 heteroatoms. The summed E-state index contributed by atoms with van der Waals surface area (Å²) in [6.07, 6.45) is 3.66. The van der Waals surface area contributed by atoms with Gasteiger partial charge < -0.3 is 14.4 Å². The minimum absolute atomic E-state index is 0.134. The fraction of sp³-hybridized carbons (Fsp3) is 0.207. The molecule has 0 radical (unpaired) electrons. The monoisotopic (exact) mass is 525 g/mol. The molecule has 3 aromatic carbocycles. The van der Waals surface area contributed by atoms with Gasteiger partial charge in [0.05, 0.1) is 38.4 Å². The highest BCUT2D eigenvalue weighted by Gasteiger charge is 2.24. The molecule has 2 aromatic heterocycles. The third-order valence-corrected chi connectivity index (χ3v) is 8.83. The molecule has 8 nitrogen and oxygen atoms in total. The predicted octanol–water partition coefficient (Wildman–Crippen LogP) is 4.16. The van der Waals surface area contributed by atoms with Crippen molar-refractivity contribution in [3.63, 3.8) is 0 Å². The summed E-state index contributed by atoms with van der Waals surface area (Å²) in [7, 11) is -3.65. The Morgan fingerprint density at radius 2 is 1.58 bits per heavy atom. The standard InChI is InChI=1S/C29H27N5O3S/c35-28(13-14-34-21-31-25-10-4-5-11-26(25)34)33-17-15-32(16-18-33)27-12-6-7-22-19-24(20-30-29(22)27)38(36,37)23-8-2-1-3-9-23/h1-12,19-21H,13-18H2. The van der Waals surface area contributed by atoms with Crippen LogP contribution in [0.3, 0.4) is 0 Å². The van der Waals surface area contributed by atoms with Crippen LogP contribution in [0.4, 0.5) is 5.69 Å². The van der Waals surface area contributed by atoms with Crippen molar-refractivity contribution in [3.8, 4) is 0 Å². The van der Waals surface area contributed by atoms with Gasteiger partial charge in [-0.15, -0.1) is 0 Å². The van der Waals surface area contributed by atoms with Crippen LogP contribution in [0.5, 0.6) is 0 Å². The van der Waals surface area contributed by atoms with E-state index in [1.54, 1.807) is 42.7 Å². The van der Waals surface area contributed by atoms with Crippen LogP contribution in [0.1, 0.15) is 6.42 Å². The zero-order valence-corrected chi connectivity index (χ0v) is 21.6. The van der Waals surface area contributed by atoms with Crippen molar-refractivity contribution in [3.05, 3.63) is 91.4 Å². The number of carbonyl (C=O) groups excluding carboxylic acids is 1. The van der Waals surface area contributed by atoms with Crippen molar-refractivity contribution < 1.29 is 13.2 Å². The Morgan fingerprint density at radius 3 is 2.39 bits per heavy atom. The fourth-order valence-electron chi connectivity index (χ4n) is 5.02. The number of piperazine rings is 1. The largest absolute Gasteiger partial charge is 0.366 e. The summed E-state index contributed by atoms with van der Waals surface area (Å²) in [5.41, 5.74) is 3.67. The van der Waals surface area contributed by atoms with E-state index in [1.807, 2.05) is 51.9 Å². The van der Waals surface area contributed by atoms with Gasteiger partial charge in [-0.3, -0.25) is 9.78 Å². The van der Waals surface area contributed by atoms with Crippen LogP contribution in [-0.2, 0) is 21.2 Å². The molecule has 0 bridgehead atoms. The molecule has 1 saturated heterocycles. The molecular formula is C29H27N5O3S.